The molecule has 6 rings (SSSR count). The van der Waals surface area contributed by atoms with Crippen molar-refractivity contribution in [2.45, 2.75) is 102 Å². The first-order valence-electron chi connectivity index (χ1n) is 18.5. The Morgan fingerprint density at radius 3 is 2.69 bits per heavy atom. The van der Waals surface area contributed by atoms with Crippen molar-refractivity contribution in [1.82, 2.24) is 30.5 Å². The van der Waals surface area contributed by atoms with E-state index in [0.29, 0.717) is 53.3 Å². The predicted molar refractivity (Wildman–Crippen MR) is 202 cm³/mol. The lowest BCUT2D eigenvalue weighted by Gasteiger charge is -2.30. The molecule has 3 N–H and O–H groups in total. The number of ether oxygens (including phenoxy) is 4. The first kappa shape index (κ1) is 39.4. The van der Waals surface area contributed by atoms with E-state index < -0.39 is 53.2 Å². The number of fused-ring (bicyclic) bond motifs is 3. The van der Waals surface area contributed by atoms with Crippen molar-refractivity contribution < 1.29 is 42.9 Å². The Balaban J connectivity index is 1.36. The van der Waals surface area contributed by atoms with E-state index in [0.717, 1.165) is 19.3 Å². The molecular formula is C38H47N7O9S. The molecule has 1 unspecified atom stereocenters. The Hall–Kier alpha value is -5.32. The van der Waals surface area contributed by atoms with Gasteiger partial charge in [-0.05, 0) is 65.5 Å². The van der Waals surface area contributed by atoms with E-state index in [2.05, 4.69) is 20.9 Å². The molecule has 3 aliphatic rings. The van der Waals surface area contributed by atoms with Crippen molar-refractivity contribution in [3.63, 3.8) is 0 Å². The number of carbonyl (C=O) groups is 5. The van der Waals surface area contributed by atoms with Crippen LogP contribution in [0.5, 0.6) is 11.6 Å². The van der Waals surface area contributed by atoms with Crippen LogP contribution >= 0.6 is 11.3 Å². The summed E-state index contributed by atoms with van der Waals surface area (Å²) in [4.78, 5) is 81.9. The molecule has 4 heterocycles. The van der Waals surface area contributed by atoms with Gasteiger partial charge in [0.15, 0.2) is 10.8 Å². The largest absolute Gasteiger partial charge is 0.497 e. The van der Waals surface area contributed by atoms with Gasteiger partial charge in [-0.25, -0.2) is 24.5 Å². The molecule has 17 heteroatoms. The molecule has 3 aromatic rings. The van der Waals surface area contributed by atoms with Gasteiger partial charge >= 0.3 is 12.1 Å². The number of amides is 4. The highest BCUT2D eigenvalue weighted by Crippen LogP contribution is 2.46. The van der Waals surface area contributed by atoms with Crippen LogP contribution in [0.25, 0.3) is 22.4 Å². The quantitative estimate of drug-likeness (QED) is 0.156. The van der Waals surface area contributed by atoms with Crippen molar-refractivity contribution in [2.24, 2.45) is 5.92 Å². The normalized spacial score (nSPS) is 24.9. The molecule has 1 aliphatic carbocycles. The molecule has 0 bridgehead atoms. The van der Waals surface area contributed by atoms with Crippen LogP contribution in [0.4, 0.5) is 9.93 Å². The summed E-state index contributed by atoms with van der Waals surface area (Å²) in [5, 5.41) is 10.3. The molecule has 1 saturated heterocycles. The number of esters is 1. The number of thiazole rings is 1. The summed E-state index contributed by atoms with van der Waals surface area (Å²) in [6, 6.07) is 3.12. The van der Waals surface area contributed by atoms with Crippen LogP contribution < -0.4 is 25.4 Å². The van der Waals surface area contributed by atoms with E-state index in [-0.39, 0.29) is 37.1 Å². The lowest BCUT2D eigenvalue weighted by atomic mass is 10.0. The van der Waals surface area contributed by atoms with E-state index in [1.807, 2.05) is 12.2 Å². The molecule has 1 aromatic carbocycles. The van der Waals surface area contributed by atoms with Gasteiger partial charge in [0.05, 0.1) is 31.3 Å². The number of allylic oxidation sites excluding steroid dienone is 1. The number of methoxy groups -OCH3 is 1. The van der Waals surface area contributed by atoms with Crippen molar-refractivity contribution in [2.75, 3.05) is 25.6 Å². The van der Waals surface area contributed by atoms with Gasteiger partial charge in [0.2, 0.25) is 24.1 Å². The van der Waals surface area contributed by atoms with E-state index in [1.54, 1.807) is 51.3 Å². The molecule has 55 heavy (non-hydrogen) atoms. The van der Waals surface area contributed by atoms with Gasteiger partial charge in [-0.15, -0.1) is 11.3 Å². The first-order valence-corrected chi connectivity index (χ1v) is 19.4. The number of rotatable bonds is 9. The summed E-state index contributed by atoms with van der Waals surface area (Å²) in [6.45, 7) is 7.00. The lowest BCUT2D eigenvalue weighted by Crippen LogP contribution is -2.56. The second-order valence-electron chi connectivity index (χ2n) is 14.8. The zero-order valence-corrected chi connectivity index (χ0v) is 32.4. The minimum atomic E-state index is -1.26. The number of benzene rings is 1. The molecule has 4 amide bonds. The molecule has 2 aliphatic heterocycles. The molecule has 16 nitrogen and oxygen atoms in total. The van der Waals surface area contributed by atoms with Gasteiger partial charge in [-0.1, -0.05) is 25.0 Å². The molecular weight excluding hydrogens is 731 g/mol. The van der Waals surface area contributed by atoms with Gasteiger partial charge in [-0.2, -0.15) is 0 Å². The van der Waals surface area contributed by atoms with Crippen LogP contribution in [0.3, 0.4) is 0 Å². The van der Waals surface area contributed by atoms with Gasteiger partial charge in [-0.3, -0.25) is 14.4 Å². The number of carbonyl (C=O) groups excluding carboxylic acids is 5. The molecule has 1 saturated carbocycles. The molecule has 294 valence electrons. The maximum atomic E-state index is 14.5. The number of anilines is 1. The minimum Gasteiger partial charge on any atom is -0.497 e. The van der Waals surface area contributed by atoms with Gasteiger partial charge in [0.1, 0.15) is 40.8 Å². The summed E-state index contributed by atoms with van der Waals surface area (Å²) < 4.78 is 22.9. The van der Waals surface area contributed by atoms with E-state index in [1.165, 1.54) is 23.3 Å². The highest BCUT2D eigenvalue weighted by Gasteiger charge is 2.62. The molecule has 5 atom stereocenters. The zero-order chi connectivity index (χ0) is 39.3. The van der Waals surface area contributed by atoms with Crippen molar-refractivity contribution >= 4 is 57.8 Å². The van der Waals surface area contributed by atoms with Gasteiger partial charge < -0.3 is 39.8 Å². The van der Waals surface area contributed by atoms with Crippen LogP contribution in [-0.4, -0.2) is 99.7 Å². The van der Waals surface area contributed by atoms with Crippen LogP contribution in [0.15, 0.2) is 35.7 Å². The SMILES string of the molecule is CCOC(=O)[C@@]12C[C@H]1/C=C\CCCCC[C@H](NC(=O)OC(C)(C)C)C(=O)N1CC(Oc3nc4cc(OC)ccc4nc3-c3csc(NC=O)n3)C[C@H]1C(=O)N2. The van der Waals surface area contributed by atoms with Gasteiger partial charge in [0.25, 0.3) is 0 Å². The Kier molecular flexibility index (Phi) is 11.9. The smallest absolute Gasteiger partial charge is 0.408 e. The third kappa shape index (κ3) is 9.15. The number of hydrogen-bond acceptors (Lipinski definition) is 13. The fourth-order valence-electron chi connectivity index (χ4n) is 6.89. The lowest BCUT2D eigenvalue weighted by molar-refractivity contribution is -0.150. The fraction of sp³-hybridized carbons (Fsp3) is 0.526. The average Bonchev–Trinajstić information content (AvgIpc) is 3.41. The number of hydrogen-bond donors (Lipinski definition) is 3. The molecule has 0 radical (unpaired) electrons. The van der Waals surface area contributed by atoms with Crippen molar-refractivity contribution in [1.29, 1.82) is 0 Å². The minimum absolute atomic E-state index is 0.0302. The maximum absolute atomic E-state index is 14.5. The van der Waals surface area contributed by atoms with Crippen LogP contribution in [0, 0.1) is 5.92 Å². The Morgan fingerprint density at radius 1 is 1.13 bits per heavy atom. The third-order valence-electron chi connectivity index (χ3n) is 9.62. The van der Waals surface area contributed by atoms with E-state index in [9.17, 15) is 24.0 Å². The maximum Gasteiger partial charge on any atom is 0.408 e. The van der Waals surface area contributed by atoms with Gasteiger partial charge in [0, 0.05) is 23.8 Å². The van der Waals surface area contributed by atoms with Crippen molar-refractivity contribution in [3.05, 3.63) is 35.7 Å². The first-order chi connectivity index (χ1) is 26.3. The van der Waals surface area contributed by atoms with Crippen LogP contribution in [0.2, 0.25) is 0 Å². The molecule has 2 aromatic heterocycles. The standard InChI is InChI=1S/C38H47N7O9S/c1-6-52-34(49)38-18-22(38)12-10-8-7-9-11-13-26(43-36(50)54-37(2,3)4)33(48)45-19-24(17-29(45)31(47)44-38)53-32-30(28-20-55-35(42-28)39-21-46)40-25-15-14-23(51-5)16-27(25)41-32/h10,12,14-16,20-22,24,26,29H,6-9,11,13,17-19H2,1-5H3,(H,43,50)(H,44,47)(H,39,42,46)/b12-10-/t22-,24?,26+,29+,38-/m1/s1. The number of aromatic nitrogens is 3. The Morgan fingerprint density at radius 2 is 1.95 bits per heavy atom. The predicted octanol–water partition coefficient (Wildman–Crippen LogP) is 4.53. The molecule has 0 spiro atoms. The number of alkyl carbamates (subject to hydrolysis) is 1. The van der Waals surface area contributed by atoms with Crippen molar-refractivity contribution in [3.8, 4) is 23.0 Å². The number of nitrogens with zero attached hydrogens (tertiary/aromatic N) is 4. The Labute approximate surface area is 322 Å². The number of nitrogens with one attached hydrogen (secondary N) is 3. The second-order valence-corrected chi connectivity index (χ2v) is 15.6. The zero-order valence-electron chi connectivity index (χ0n) is 31.6. The average molecular weight is 778 g/mol. The fourth-order valence-corrected chi connectivity index (χ4v) is 7.55. The summed E-state index contributed by atoms with van der Waals surface area (Å²) in [5.74, 6) is -1.19. The summed E-state index contributed by atoms with van der Waals surface area (Å²) in [7, 11) is 1.54. The Bertz CT molecular complexity index is 1960. The van der Waals surface area contributed by atoms with Crippen LogP contribution in [0.1, 0.15) is 72.6 Å². The summed E-state index contributed by atoms with van der Waals surface area (Å²) in [6.07, 6.45) is 6.70. The monoisotopic (exact) mass is 777 g/mol. The highest BCUT2D eigenvalue weighted by atomic mass is 32.1. The third-order valence-corrected chi connectivity index (χ3v) is 10.4. The topological polar surface area (TPSA) is 200 Å². The molecule has 2 fully saturated rings. The van der Waals surface area contributed by atoms with E-state index in [4.69, 9.17) is 28.9 Å². The second kappa shape index (κ2) is 16.6. The van der Waals surface area contributed by atoms with E-state index >= 15 is 0 Å². The van der Waals surface area contributed by atoms with Crippen LogP contribution in [-0.2, 0) is 28.7 Å². The highest BCUT2D eigenvalue weighted by molar-refractivity contribution is 7.14. The summed E-state index contributed by atoms with van der Waals surface area (Å²) in [5.41, 5.74) is -0.399. The summed E-state index contributed by atoms with van der Waals surface area (Å²) >= 11 is 1.19.